The van der Waals surface area contributed by atoms with Crippen molar-refractivity contribution in [1.82, 2.24) is 0 Å². The van der Waals surface area contributed by atoms with Gasteiger partial charge in [-0.2, -0.15) is 37.9 Å². The molecule has 0 saturated carbocycles. The summed E-state index contributed by atoms with van der Waals surface area (Å²) < 4.78 is -0.0366. The SMILES string of the molecule is CCC(S)(S)CCCCCCCCS. The Morgan fingerprint density at radius 2 is 1.36 bits per heavy atom. The molecule has 0 amide bonds. The van der Waals surface area contributed by atoms with Crippen molar-refractivity contribution < 1.29 is 0 Å². The minimum atomic E-state index is -0.0366. The van der Waals surface area contributed by atoms with Crippen LogP contribution in [-0.2, 0) is 0 Å². The minimum Gasteiger partial charge on any atom is -0.179 e. The lowest BCUT2D eigenvalue weighted by Crippen LogP contribution is -2.10. The summed E-state index contributed by atoms with van der Waals surface area (Å²) in [6.45, 7) is 2.15. The van der Waals surface area contributed by atoms with E-state index in [0.29, 0.717) is 0 Å². The van der Waals surface area contributed by atoms with Crippen LogP contribution in [0.5, 0.6) is 0 Å². The quantitative estimate of drug-likeness (QED) is 0.298. The van der Waals surface area contributed by atoms with Crippen molar-refractivity contribution in [3.63, 3.8) is 0 Å². The summed E-state index contributed by atoms with van der Waals surface area (Å²) >= 11 is 13.2. The van der Waals surface area contributed by atoms with E-state index in [1.54, 1.807) is 0 Å². The molecular weight excluding hydrogens is 228 g/mol. The van der Waals surface area contributed by atoms with Crippen molar-refractivity contribution in [2.75, 3.05) is 5.75 Å². The number of unbranched alkanes of at least 4 members (excludes halogenated alkanes) is 5. The number of thiol groups is 3. The third kappa shape index (κ3) is 9.60. The highest BCUT2D eigenvalue weighted by molar-refractivity contribution is 8.00. The Morgan fingerprint density at radius 1 is 0.857 bits per heavy atom. The first-order chi connectivity index (χ1) is 6.62. The largest absolute Gasteiger partial charge is 0.179 e. The van der Waals surface area contributed by atoms with Gasteiger partial charge in [-0.3, -0.25) is 0 Å². The van der Waals surface area contributed by atoms with E-state index < -0.39 is 0 Å². The van der Waals surface area contributed by atoms with Gasteiger partial charge in [-0.25, -0.2) is 0 Å². The van der Waals surface area contributed by atoms with Crippen LogP contribution in [0.2, 0.25) is 0 Å². The summed E-state index contributed by atoms with van der Waals surface area (Å²) in [4.78, 5) is 0. The molecule has 0 atom stereocenters. The molecule has 0 aromatic carbocycles. The fourth-order valence-electron chi connectivity index (χ4n) is 1.40. The van der Waals surface area contributed by atoms with Crippen LogP contribution in [0.1, 0.15) is 58.3 Å². The van der Waals surface area contributed by atoms with Gasteiger partial charge in [0.25, 0.3) is 0 Å². The van der Waals surface area contributed by atoms with Gasteiger partial charge in [0.15, 0.2) is 0 Å². The van der Waals surface area contributed by atoms with Gasteiger partial charge in [0.05, 0.1) is 4.08 Å². The fourth-order valence-corrected chi connectivity index (χ4v) is 1.94. The maximum absolute atomic E-state index is 4.50. The third-order valence-corrected chi connectivity index (χ3v) is 3.95. The van der Waals surface area contributed by atoms with Crippen LogP contribution in [0.4, 0.5) is 0 Å². The molecule has 0 nitrogen and oxygen atoms in total. The van der Waals surface area contributed by atoms with Crippen LogP contribution in [0.3, 0.4) is 0 Å². The Bertz CT molecular complexity index is 124. The van der Waals surface area contributed by atoms with Crippen molar-refractivity contribution in [2.24, 2.45) is 0 Å². The van der Waals surface area contributed by atoms with Crippen LogP contribution in [0, 0.1) is 0 Å². The molecule has 0 aromatic heterocycles. The minimum absolute atomic E-state index is 0.0366. The van der Waals surface area contributed by atoms with Gasteiger partial charge >= 0.3 is 0 Å². The molecule has 0 N–H and O–H groups in total. The molecule has 0 heterocycles. The van der Waals surface area contributed by atoms with Crippen molar-refractivity contribution in [1.29, 1.82) is 0 Å². The Hall–Kier alpha value is 1.05. The first-order valence-electron chi connectivity index (χ1n) is 5.68. The van der Waals surface area contributed by atoms with Crippen LogP contribution < -0.4 is 0 Å². The normalized spacial score (nSPS) is 12.0. The molecule has 0 saturated heterocycles. The summed E-state index contributed by atoms with van der Waals surface area (Å²) in [5.41, 5.74) is 0. The molecule has 0 radical (unpaired) electrons. The van der Waals surface area contributed by atoms with Gasteiger partial charge in [-0.15, -0.1) is 0 Å². The molecule has 0 aliphatic rings. The van der Waals surface area contributed by atoms with Crippen LogP contribution in [0.15, 0.2) is 0 Å². The molecule has 0 fully saturated rings. The second-order valence-electron chi connectivity index (χ2n) is 3.93. The standard InChI is InChI=1S/C11H24S3/c1-2-11(13,14)9-7-5-3-4-6-8-10-12/h12-14H,2-10H2,1H3. The van der Waals surface area contributed by atoms with Crippen LogP contribution in [0.25, 0.3) is 0 Å². The average Bonchev–Trinajstić information content (AvgIpc) is 2.16. The van der Waals surface area contributed by atoms with Crippen molar-refractivity contribution >= 4 is 37.9 Å². The summed E-state index contributed by atoms with van der Waals surface area (Å²) in [6, 6.07) is 0. The molecule has 0 rings (SSSR count). The number of hydrogen-bond acceptors (Lipinski definition) is 3. The second-order valence-corrected chi connectivity index (χ2v) is 6.44. The summed E-state index contributed by atoms with van der Waals surface area (Å²) in [5, 5.41) is 0. The maximum atomic E-state index is 4.50. The van der Waals surface area contributed by atoms with E-state index in [9.17, 15) is 0 Å². The Labute approximate surface area is 106 Å². The Balaban J connectivity index is 3.13. The van der Waals surface area contributed by atoms with Crippen molar-refractivity contribution in [3.8, 4) is 0 Å². The van der Waals surface area contributed by atoms with Gasteiger partial charge in [-0.05, 0) is 25.0 Å². The third-order valence-electron chi connectivity index (χ3n) is 2.55. The first kappa shape index (κ1) is 15.0. The maximum Gasteiger partial charge on any atom is 0.0549 e. The highest BCUT2D eigenvalue weighted by atomic mass is 32.2. The zero-order valence-corrected chi connectivity index (χ0v) is 11.9. The van der Waals surface area contributed by atoms with Gasteiger partial charge in [0.2, 0.25) is 0 Å². The van der Waals surface area contributed by atoms with Gasteiger partial charge in [-0.1, -0.05) is 39.0 Å². The molecular formula is C11H24S3. The lowest BCUT2D eigenvalue weighted by molar-refractivity contribution is 0.568. The topological polar surface area (TPSA) is 0 Å². The predicted octanol–water partition coefficient (Wildman–Crippen LogP) is 4.61. The smallest absolute Gasteiger partial charge is 0.0549 e. The average molecular weight is 253 g/mol. The van der Waals surface area contributed by atoms with Gasteiger partial charge < -0.3 is 0 Å². The Morgan fingerprint density at radius 3 is 1.86 bits per heavy atom. The second kappa shape index (κ2) is 9.29. The van der Waals surface area contributed by atoms with E-state index in [4.69, 9.17) is 0 Å². The molecule has 0 unspecified atom stereocenters. The molecule has 86 valence electrons. The van der Waals surface area contributed by atoms with E-state index in [1.165, 1.54) is 38.5 Å². The number of hydrogen-bond donors (Lipinski definition) is 3. The van der Waals surface area contributed by atoms with E-state index in [1.807, 2.05) is 0 Å². The fraction of sp³-hybridized carbons (Fsp3) is 1.00. The van der Waals surface area contributed by atoms with Crippen molar-refractivity contribution in [2.45, 2.75) is 62.4 Å². The van der Waals surface area contributed by atoms with Gasteiger partial charge in [0, 0.05) is 0 Å². The summed E-state index contributed by atoms with van der Waals surface area (Å²) in [7, 11) is 0. The highest BCUT2D eigenvalue weighted by Gasteiger charge is 2.15. The molecule has 14 heavy (non-hydrogen) atoms. The zero-order valence-electron chi connectivity index (χ0n) is 9.21. The highest BCUT2D eigenvalue weighted by Crippen LogP contribution is 2.30. The van der Waals surface area contributed by atoms with E-state index in [-0.39, 0.29) is 4.08 Å². The number of rotatable bonds is 9. The molecule has 0 spiro atoms. The molecule has 0 bridgehead atoms. The van der Waals surface area contributed by atoms with Crippen LogP contribution in [-0.4, -0.2) is 9.83 Å². The van der Waals surface area contributed by atoms with Crippen LogP contribution >= 0.6 is 37.9 Å². The van der Waals surface area contributed by atoms with E-state index >= 15 is 0 Å². The molecule has 0 aromatic rings. The Kier molecular flexibility index (Phi) is 9.99. The molecule has 3 heteroatoms. The molecule has 0 aliphatic carbocycles. The molecule has 0 aliphatic heterocycles. The van der Waals surface area contributed by atoms with E-state index in [0.717, 1.165) is 18.6 Å². The summed E-state index contributed by atoms with van der Waals surface area (Å²) in [5.74, 6) is 1.03. The lowest BCUT2D eigenvalue weighted by atomic mass is 10.1. The summed E-state index contributed by atoms with van der Waals surface area (Å²) in [6.07, 6.45) is 10.1. The van der Waals surface area contributed by atoms with Crippen molar-refractivity contribution in [3.05, 3.63) is 0 Å². The zero-order chi connectivity index (χ0) is 10.9. The van der Waals surface area contributed by atoms with E-state index in [2.05, 4.69) is 44.8 Å². The predicted molar refractivity (Wildman–Crippen MR) is 77.2 cm³/mol. The van der Waals surface area contributed by atoms with Gasteiger partial charge in [0.1, 0.15) is 0 Å². The monoisotopic (exact) mass is 252 g/mol. The lowest BCUT2D eigenvalue weighted by Gasteiger charge is -2.19. The first-order valence-corrected chi connectivity index (χ1v) is 7.20.